The summed E-state index contributed by atoms with van der Waals surface area (Å²) >= 11 is 0. The Bertz CT molecular complexity index is 1470. The fourth-order valence-corrected chi connectivity index (χ4v) is 5.39. The number of hydrogen-bond donors (Lipinski definition) is 3. The Labute approximate surface area is 239 Å². The molecule has 1 aromatic heterocycles. The molecule has 8 heteroatoms. The van der Waals surface area contributed by atoms with Crippen LogP contribution in [0.1, 0.15) is 50.3 Å². The minimum absolute atomic E-state index is 0.0134. The average molecular weight is 560 g/mol. The topological polar surface area (TPSA) is 103 Å². The summed E-state index contributed by atoms with van der Waals surface area (Å²) < 4.78 is 17.1. The molecule has 0 bridgehead atoms. The van der Waals surface area contributed by atoms with Crippen LogP contribution in [0, 0.1) is 10.7 Å². The summed E-state index contributed by atoms with van der Waals surface area (Å²) in [6, 6.07) is 25.0. The van der Waals surface area contributed by atoms with E-state index in [0.29, 0.717) is 12.2 Å². The van der Waals surface area contributed by atoms with Gasteiger partial charge in [0.1, 0.15) is 5.82 Å². The molecule has 2 unspecified atom stereocenters. The molecule has 3 aromatic carbocycles. The van der Waals surface area contributed by atoms with Gasteiger partial charge in [-0.05, 0) is 54.2 Å². The number of carboxylic acid groups (broad SMARTS) is 1. The molecule has 0 amide bonds. The lowest BCUT2D eigenvalue weighted by Crippen LogP contribution is -2.22. The van der Waals surface area contributed by atoms with E-state index in [1.165, 1.54) is 12.1 Å². The van der Waals surface area contributed by atoms with E-state index < -0.39 is 24.6 Å². The molecular formula is C33H36FN2O5+. The van der Waals surface area contributed by atoms with Crippen molar-refractivity contribution in [1.29, 1.82) is 0 Å². The minimum atomic E-state index is -1.16. The number of aliphatic hydroxyl groups excluding tert-OH is 2. The standard InChI is InChI=1S/C33H35FN2O5/c1-22(2)32-29(21-36(41)26-11-7-4-8-12-26)31(23-9-5-3-6-10-23)33(24-13-15-25(34)16-14-24)35(32)18-17-27(37)19-28(38)20-30(39)40/h3-16,22,27-28,37-38H,17-21H2,1-2H3/p+1. The molecule has 0 fully saturated rings. The zero-order chi connectivity index (χ0) is 29.5. The first kappa shape index (κ1) is 29.8. The molecule has 0 saturated carbocycles. The normalized spacial score (nSPS) is 12.8. The first-order chi connectivity index (χ1) is 19.7. The minimum Gasteiger partial charge on any atom is -0.481 e. The molecule has 0 aliphatic heterocycles. The van der Waals surface area contributed by atoms with Crippen LogP contribution in [-0.2, 0) is 17.9 Å². The second kappa shape index (κ2) is 13.5. The predicted octanol–water partition coefficient (Wildman–Crippen LogP) is 6.67. The second-order valence-corrected chi connectivity index (χ2v) is 10.6. The number of aliphatic carboxylic acids is 1. The molecule has 1 heterocycles. The van der Waals surface area contributed by atoms with E-state index in [1.807, 2.05) is 62.4 Å². The van der Waals surface area contributed by atoms with Gasteiger partial charge in [0, 0.05) is 39.6 Å². The average Bonchev–Trinajstić information content (AvgIpc) is 3.26. The lowest BCUT2D eigenvalue weighted by molar-refractivity contribution is -0.480. The molecule has 0 aliphatic rings. The van der Waals surface area contributed by atoms with Crippen LogP contribution in [0.4, 0.5) is 10.1 Å². The highest BCUT2D eigenvalue weighted by Gasteiger charge is 2.31. The molecule has 0 spiro atoms. The predicted molar refractivity (Wildman–Crippen MR) is 156 cm³/mol. The smallest absolute Gasteiger partial charge is 0.305 e. The third kappa shape index (κ3) is 7.34. The zero-order valence-corrected chi connectivity index (χ0v) is 23.3. The van der Waals surface area contributed by atoms with E-state index in [2.05, 4.69) is 4.57 Å². The van der Waals surface area contributed by atoms with Crippen molar-refractivity contribution in [2.75, 3.05) is 0 Å². The summed E-state index contributed by atoms with van der Waals surface area (Å²) in [4.78, 5) is 24.5. The number of nitrogens with zero attached hydrogens (tertiary/aromatic N) is 2. The molecule has 0 aliphatic carbocycles. The van der Waals surface area contributed by atoms with Gasteiger partial charge >= 0.3 is 5.97 Å². The van der Waals surface area contributed by atoms with Gasteiger partial charge in [-0.2, -0.15) is 0 Å². The molecule has 3 N–H and O–H groups in total. The number of nitroso groups, excluding NO2 is 1. The Morgan fingerprint density at radius 1 is 0.878 bits per heavy atom. The van der Waals surface area contributed by atoms with Crippen LogP contribution in [-0.4, -0.2) is 42.8 Å². The van der Waals surface area contributed by atoms with Gasteiger partial charge in [0.05, 0.1) is 29.9 Å². The largest absolute Gasteiger partial charge is 0.481 e. The molecule has 41 heavy (non-hydrogen) atoms. The van der Waals surface area contributed by atoms with Crippen molar-refractivity contribution in [2.45, 2.75) is 64.3 Å². The first-order valence-corrected chi connectivity index (χ1v) is 13.8. The monoisotopic (exact) mass is 559 g/mol. The molecule has 214 valence electrons. The maximum absolute atomic E-state index is 14.0. The van der Waals surface area contributed by atoms with Crippen molar-refractivity contribution in [3.05, 3.63) is 107 Å². The quantitative estimate of drug-likeness (QED) is 0.159. The second-order valence-electron chi connectivity index (χ2n) is 10.6. The summed E-state index contributed by atoms with van der Waals surface area (Å²) in [5, 5.41) is 29.8. The number of aliphatic hydroxyl groups is 2. The highest BCUT2D eigenvalue weighted by molar-refractivity contribution is 5.86. The van der Waals surface area contributed by atoms with Crippen molar-refractivity contribution in [3.63, 3.8) is 0 Å². The molecule has 2 atom stereocenters. The van der Waals surface area contributed by atoms with Crippen molar-refractivity contribution in [3.8, 4) is 22.4 Å². The summed E-state index contributed by atoms with van der Waals surface area (Å²) in [6.07, 6.45) is -2.38. The summed E-state index contributed by atoms with van der Waals surface area (Å²) in [7, 11) is 0. The number of para-hydroxylation sites is 1. The Morgan fingerprint density at radius 2 is 1.49 bits per heavy atom. The molecule has 0 radical (unpaired) electrons. The summed E-state index contributed by atoms with van der Waals surface area (Å²) in [5.41, 5.74) is 5.60. The molecule has 4 rings (SSSR count). The zero-order valence-electron chi connectivity index (χ0n) is 23.3. The maximum Gasteiger partial charge on any atom is 0.305 e. The molecule has 0 saturated heterocycles. The van der Waals surface area contributed by atoms with Crippen molar-refractivity contribution in [1.82, 2.24) is 4.57 Å². The third-order valence-corrected chi connectivity index (χ3v) is 7.12. The van der Waals surface area contributed by atoms with E-state index in [0.717, 1.165) is 38.4 Å². The SMILES string of the molecule is CC(C)c1c(C[N+](=O)c2ccccc2)c(-c2ccccc2)c(-c2ccc(F)cc2)n1CCC(O)CC(O)CC(=O)O. The van der Waals surface area contributed by atoms with Gasteiger partial charge in [-0.3, -0.25) is 4.79 Å². The Balaban J connectivity index is 1.88. The Morgan fingerprint density at radius 3 is 2.07 bits per heavy atom. The van der Waals surface area contributed by atoms with Crippen LogP contribution in [0.15, 0.2) is 84.9 Å². The van der Waals surface area contributed by atoms with Crippen LogP contribution >= 0.6 is 0 Å². The molecule has 4 aromatic rings. The maximum atomic E-state index is 14.0. The Kier molecular flexibility index (Phi) is 9.81. The Hall–Kier alpha value is -4.14. The van der Waals surface area contributed by atoms with E-state index in [-0.39, 0.29) is 31.1 Å². The van der Waals surface area contributed by atoms with Gasteiger partial charge < -0.3 is 19.9 Å². The number of benzene rings is 3. The van der Waals surface area contributed by atoms with E-state index in [9.17, 15) is 24.3 Å². The molecule has 7 nitrogen and oxygen atoms in total. The van der Waals surface area contributed by atoms with E-state index in [1.54, 1.807) is 24.3 Å². The number of rotatable bonds is 13. The molecular weight excluding hydrogens is 523 g/mol. The van der Waals surface area contributed by atoms with Crippen LogP contribution in [0.3, 0.4) is 0 Å². The number of hydrogen-bond acceptors (Lipinski definition) is 4. The fourth-order valence-electron chi connectivity index (χ4n) is 5.39. The van der Waals surface area contributed by atoms with Crippen LogP contribution in [0.2, 0.25) is 0 Å². The van der Waals surface area contributed by atoms with Gasteiger partial charge in [0.2, 0.25) is 6.54 Å². The fraction of sp³-hybridized carbons (Fsp3) is 0.303. The summed E-state index contributed by atoms with van der Waals surface area (Å²) in [5.74, 6) is -1.51. The van der Waals surface area contributed by atoms with Crippen molar-refractivity contribution < 1.29 is 29.3 Å². The van der Waals surface area contributed by atoms with Crippen LogP contribution in [0.5, 0.6) is 0 Å². The first-order valence-electron chi connectivity index (χ1n) is 13.8. The van der Waals surface area contributed by atoms with Crippen LogP contribution < -0.4 is 0 Å². The highest BCUT2D eigenvalue weighted by Crippen LogP contribution is 2.43. The number of halogens is 1. The third-order valence-electron chi connectivity index (χ3n) is 7.12. The van der Waals surface area contributed by atoms with Gasteiger partial charge in [-0.15, -0.1) is 0 Å². The summed E-state index contributed by atoms with van der Waals surface area (Å²) in [6.45, 7) is 4.50. The van der Waals surface area contributed by atoms with E-state index >= 15 is 0 Å². The number of carbonyl (C=O) groups is 1. The van der Waals surface area contributed by atoms with Gasteiger partial charge in [0.25, 0.3) is 5.69 Å². The van der Waals surface area contributed by atoms with Gasteiger partial charge in [-0.25, -0.2) is 4.39 Å². The van der Waals surface area contributed by atoms with Crippen LogP contribution in [0.25, 0.3) is 22.4 Å². The lowest BCUT2D eigenvalue weighted by Gasteiger charge is -2.20. The highest BCUT2D eigenvalue weighted by atomic mass is 19.1. The van der Waals surface area contributed by atoms with Gasteiger partial charge in [-0.1, -0.05) is 62.4 Å². The van der Waals surface area contributed by atoms with Crippen molar-refractivity contribution in [2.24, 2.45) is 0 Å². The van der Waals surface area contributed by atoms with Gasteiger partial charge in [0.15, 0.2) is 0 Å². The number of aromatic nitrogens is 1. The van der Waals surface area contributed by atoms with E-state index in [4.69, 9.17) is 5.11 Å². The lowest BCUT2D eigenvalue weighted by atomic mass is 9.95. The number of carboxylic acids is 1. The van der Waals surface area contributed by atoms with Crippen molar-refractivity contribution >= 4 is 11.7 Å².